The highest BCUT2D eigenvalue weighted by Gasteiger charge is 2.15. The zero-order valence-corrected chi connectivity index (χ0v) is 16.8. The van der Waals surface area contributed by atoms with E-state index in [1.165, 1.54) is 109 Å². The second-order valence-electron chi connectivity index (χ2n) is 8.68. The molecule has 0 amide bonds. The van der Waals surface area contributed by atoms with Gasteiger partial charge in [-0.25, -0.2) is 0 Å². The lowest BCUT2D eigenvalue weighted by molar-refractivity contribution is 0.289. The first kappa shape index (κ1) is 21.0. The molecule has 0 aromatic heterocycles. The van der Waals surface area contributed by atoms with Crippen LogP contribution in [0.25, 0.3) is 0 Å². The highest BCUT2D eigenvalue weighted by Crippen LogP contribution is 2.29. The summed E-state index contributed by atoms with van der Waals surface area (Å²) in [5, 5.41) is 0. The van der Waals surface area contributed by atoms with Crippen molar-refractivity contribution in [2.24, 2.45) is 17.8 Å². The molecule has 0 nitrogen and oxygen atoms in total. The van der Waals surface area contributed by atoms with E-state index in [-0.39, 0.29) is 0 Å². The van der Waals surface area contributed by atoms with Crippen LogP contribution in [0.3, 0.4) is 0 Å². The first-order chi connectivity index (χ1) is 11.2. The average Bonchev–Trinajstić information content (AvgIpc) is 2.54. The van der Waals surface area contributed by atoms with Gasteiger partial charge in [-0.05, 0) is 24.2 Å². The zero-order chi connectivity index (χ0) is 16.8. The minimum Gasteiger partial charge on any atom is -0.0651 e. The Balaban J connectivity index is 2.33. The monoisotopic (exact) mass is 322 g/mol. The molecule has 0 heterocycles. The highest BCUT2D eigenvalue weighted by molar-refractivity contribution is 4.67. The molecule has 23 heavy (non-hydrogen) atoms. The topological polar surface area (TPSA) is 0 Å². The number of hydrogen-bond donors (Lipinski definition) is 0. The SMILES string of the molecule is CCC(CCC1CCCCCCCCCCCCCC1)C(C)C. The highest BCUT2D eigenvalue weighted by atomic mass is 14.2. The molecule has 1 atom stereocenters. The molecule has 0 aromatic rings. The Morgan fingerprint density at radius 3 is 1.39 bits per heavy atom. The van der Waals surface area contributed by atoms with Crippen molar-refractivity contribution < 1.29 is 0 Å². The van der Waals surface area contributed by atoms with Gasteiger partial charge in [0.2, 0.25) is 0 Å². The number of hydrogen-bond acceptors (Lipinski definition) is 0. The van der Waals surface area contributed by atoms with Gasteiger partial charge in [0.05, 0.1) is 0 Å². The van der Waals surface area contributed by atoms with Gasteiger partial charge in [-0.3, -0.25) is 0 Å². The third kappa shape index (κ3) is 11.2. The summed E-state index contributed by atoms with van der Waals surface area (Å²) in [4.78, 5) is 0. The van der Waals surface area contributed by atoms with Gasteiger partial charge >= 0.3 is 0 Å². The summed E-state index contributed by atoms with van der Waals surface area (Å²) in [6.07, 6.45) is 25.4. The second kappa shape index (κ2) is 14.4. The summed E-state index contributed by atoms with van der Waals surface area (Å²) in [7, 11) is 0. The van der Waals surface area contributed by atoms with E-state index >= 15 is 0 Å². The molecule has 0 N–H and O–H groups in total. The van der Waals surface area contributed by atoms with Crippen LogP contribution in [-0.4, -0.2) is 0 Å². The quantitative estimate of drug-likeness (QED) is 0.475. The van der Waals surface area contributed by atoms with Crippen molar-refractivity contribution in [3.8, 4) is 0 Å². The number of rotatable bonds is 5. The Morgan fingerprint density at radius 1 is 0.652 bits per heavy atom. The zero-order valence-electron chi connectivity index (χ0n) is 16.8. The van der Waals surface area contributed by atoms with E-state index < -0.39 is 0 Å². The van der Waals surface area contributed by atoms with Gasteiger partial charge in [0.1, 0.15) is 0 Å². The summed E-state index contributed by atoms with van der Waals surface area (Å²) in [6, 6.07) is 0. The molecule has 1 aliphatic carbocycles. The Morgan fingerprint density at radius 2 is 1.04 bits per heavy atom. The normalized spacial score (nSPS) is 22.4. The van der Waals surface area contributed by atoms with Gasteiger partial charge in [0.25, 0.3) is 0 Å². The molecular formula is C23H46. The van der Waals surface area contributed by atoms with Gasteiger partial charge < -0.3 is 0 Å². The van der Waals surface area contributed by atoms with Crippen LogP contribution in [0, 0.1) is 17.8 Å². The van der Waals surface area contributed by atoms with E-state index in [1.54, 1.807) is 0 Å². The predicted octanol–water partition coefficient (Wildman–Crippen LogP) is 8.54. The van der Waals surface area contributed by atoms with Crippen molar-refractivity contribution in [2.45, 2.75) is 130 Å². The third-order valence-corrected chi connectivity index (χ3v) is 6.39. The summed E-state index contributed by atoms with van der Waals surface area (Å²) >= 11 is 0. The lowest BCUT2D eigenvalue weighted by Crippen LogP contribution is -2.11. The van der Waals surface area contributed by atoms with Crippen LogP contribution in [0.1, 0.15) is 130 Å². The van der Waals surface area contributed by atoms with E-state index in [9.17, 15) is 0 Å². The Labute approximate surface area is 148 Å². The van der Waals surface area contributed by atoms with Crippen LogP contribution < -0.4 is 0 Å². The van der Waals surface area contributed by atoms with Gasteiger partial charge in [0.15, 0.2) is 0 Å². The van der Waals surface area contributed by atoms with Crippen molar-refractivity contribution in [3.63, 3.8) is 0 Å². The van der Waals surface area contributed by atoms with E-state index in [1.807, 2.05) is 0 Å². The smallest absolute Gasteiger partial charge is 0.0394 e. The average molecular weight is 323 g/mol. The molecule has 0 heteroatoms. The van der Waals surface area contributed by atoms with Crippen LogP contribution in [0.2, 0.25) is 0 Å². The van der Waals surface area contributed by atoms with Crippen LogP contribution >= 0.6 is 0 Å². The van der Waals surface area contributed by atoms with Gasteiger partial charge in [-0.2, -0.15) is 0 Å². The minimum absolute atomic E-state index is 0.877. The minimum atomic E-state index is 0.877. The van der Waals surface area contributed by atoms with Gasteiger partial charge in [-0.15, -0.1) is 0 Å². The molecule has 0 aromatic carbocycles. The van der Waals surface area contributed by atoms with Crippen molar-refractivity contribution in [1.82, 2.24) is 0 Å². The summed E-state index contributed by atoms with van der Waals surface area (Å²) < 4.78 is 0. The summed E-state index contributed by atoms with van der Waals surface area (Å²) in [5.74, 6) is 2.88. The third-order valence-electron chi connectivity index (χ3n) is 6.39. The maximum absolute atomic E-state index is 2.42. The van der Waals surface area contributed by atoms with Crippen molar-refractivity contribution in [1.29, 1.82) is 0 Å². The molecule has 138 valence electrons. The fraction of sp³-hybridized carbons (Fsp3) is 1.00. The van der Waals surface area contributed by atoms with Crippen LogP contribution in [0.5, 0.6) is 0 Å². The molecule has 1 fully saturated rings. The molecule has 1 saturated carbocycles. The Bertz CT molecular complexity index is 226. The molecule has 0 spiro atoms. The molecule has 0 saturated heterocycles. The molecule has 0 bridgehead atoms. The predicted molar refractivity (Wildman–Crippen MR) is 106 cm³/mol. The fourth-order valence-electron chi connectivity index (χ4n) is 4.53. The molecule has 1 rings (SSSR count). The van der Waals surface area contributed by atoms with Crippen LogP contribution in [-0.2, 0) is 0 Å². The maximum atomic E-state index is 2.42. The molecule has 0 aliphatic heterocycles. The largest absolute Gasteiger partial charge is 0.0651 e. The van der Waals surface area contributed by atoms with Gasteiger partial charge in [0, 0.05) is 0 Å². The fourth-order valence-corrected chi connectivity index (χ4v) is 4.53. The van der Waals surface area contributed by atoms with Crippen molar-refractivity contribution >= 4 is 0 Å². The lowest BCUT2D eigenvalue weighted by Gasteiger charge is -2.23. The summed E-state index contributed by atoms with van der Waals surface area (Å²) in [6.45, 7) is 7.23. The van der Waals surface area contributed by atoms with Crippen molar-refractivity contribution in [2.75, 3.05) is 0 Å². The maximum Gasteiger partial charge on any atom is -0.0394 e. The standard InChI is InChI=1S/C23H46/c1-4-23(21(2)3)20-19-22-17-15-13-11-9-7-5-6-8-10-12-14-16-18-22/h21-23H,4-20H2,1-3H3. The lowest BCUT2D eigenvalue weighted by atomic mass is 9.83. The van der Waals surface area contributed by atoms with E-state index in [4.69, 9.17) is 0 Å². The molecule has 1 aliphatic rings. The first-order valence-corrected chi connectivity index (χ1v) is 11.2. The van der Waals surface area contributed by atoms with Crippen LogP contribution in [0.4, 0.5) is 0 Å². The molecule has 1 unspecified atom stereocenters. The van der Waals surface area contributed by atoms with E-state index in [0.29, 0.717) is 0 Å². The van der Waals surface area contributed by atoms with Gasteiger partial charge in [-0.1, -0.05) is 124 Å². The Hall–Kier alpha value is 0. The van der Waals surface area contributed by atoms with E-state index in [2.05, 4.69) is 20.8 Å². The Kier molecular flexibility index (Phi) is 13.1. The van der Waals surface area contributed by atoms with Crippen molar-refractivity contribution in [3.05, 3.63) is 0 Å². The summed E-state index contributed by atoms with van der Waals surface area (Å²) in [5.41, 5.74) is 0. The molecule has 0 radical (unpaired) electrons. The second-order valence-corrected chi connectivity index (χ2v) is 8.68. The first-order valence-electron chi connectivity index (χ1n) is 11.2. The van der Waals surface area contributed by atoms with Crippen LogP contribution in [0.15, 0.2) is 0 Å². The molecular weight excluding hydrogens is 276 g/mol. The van der Waals surface area contributed by atoms with E-state index in [0.717, 1.165) is 17.8 Å².